The molecule has 1 saturated carbocycles. The van der Waals surface area contributed by atoms with Gasteiger partial charge in [-0.05, 0) is 49.8 Å². The number of rotatable bonds is 6. The van der Waals surface area contributed by atoms with Crippen LogP contribution in [-0.4, -0.2) is 37.0 Å². The predicted molar refractivity (Wildman–Crippen MR) is 111 cm³/mol. The van der Waals surface area contributed by atoms with Gasteiger partial charge in [-0.2, -0.15) is 0 Å². The van der Waals surface area contributed by atoms with E-state index in [-0.39, 0.29) is 23.9 Å². The molecule has 0 unspecified atom stereocenters. The summed E-state index contributed by atoms with van der Waals surface area (Å²) in [4.78, 5) is 27.3. The molecular weight excluding hydrogens is 350 g/mol. The lowest BCUT2D eigenvalue weighted by Gasteiger charge is -2.30. The van der Waals surface area contributed by atoms with Crippen molar-refractivity contribution in [2.45, 2.75) is 63.5 Å². The van der Waals surface area contributed by atoms with Crippen LogP contribution in [0.5, 0.6) is 0 Å². The zero-order valence-electron chi connectivity index (χ0n) is 16.5. The Bertz CT molecular complexity index is 735. The molecule has 0 radical (unpaired) electrons. The number of fused-ring (bicyclic) bond motifs is 1. The highest BCUT2D eigenvalue weighted by Crippen LogP contribution is 2.31. The fraction of sp³-hybridized carbons (Fsp3) is 0.565. The number of piperidine rings is 1. The van der Waals surface area contributed by atoms with E-state index in [1.54, 1.807) is 6.08 Å². The molecule has 0 aromatic heterocycles. The largest absolute Gasteiger partial charge is 0.349 e. The average molecular weight is 382 g/mol. The third-order valence-electron chi connectivity index (χ3n) is 6.39. The number of nitrogens with zero attached hydrogens (tertiary/aromatic N) is 1. The Morgan fingerprint density at radius 1 is 1.18 bits per heavy atom. The van der Waals surface area contributed by atoms with Gasteiger partial charge >= 0.3 is 0 Å². The van der Waals surface area contributed by atoms with Crippen molar-refractivity contribution < 1.29 is 9.59 Å². The van der Waals surface area contributed by atoms with E-state index in [2.05, 4.69) is 16.7 Å². The smallest absolute Gasteiger partial charge is 0.250 e. The minimum atomic E-state index is -0.0906. The number of hydrogen-bond acceptors (Lipinski definition) is 3. The molecule has 0 bridgehead atoms. The van der Waals surface area contributed by atoms with E-state index in [0.29, 0.717) is 5.92 Å². The fourth-order valence-electron chi connectivity index (χ4n) is 4.49. The van der Waals surface area contributed by atoms with Crippen LogP contribution in [0, 0.1) is 5.92 Å². The number of hydrogen-bond donors (Lipinski definition) is 2. The van der Waals surface area contributed by atoms with E-state index in [4.69, 9.17) is 0 Å². The molecule has 150 valence electrons. The van der Waals surface area contributed by atoms with Gasteiger partial charge in [0.25, 0.3) is 5.91 Å². The lowest BCUT2D eigenvalue weighted by Crippen LogP contribution is -2.49. The molecule has 1 aromatic carbocycles. The third kappa shape index (κ3) is 4.46. The summed E-state index contributed by atoms with van der Waals surface area (Å²) in [6, 6.07) is 7.94. The summed E-state index contributed by atoms with van der Waals surface area (Å²) in [5.41, 5.74) is 2.25. The Kier molecular flexibility index (Phi) is 6.10. The van der Waals surface area contributed by atoms with Crippen LogP contribution in [-0.2, 0) is 16.0 Å². The molecule has 1 saturated heterocycles. The van der Waals surface area contributed by atoms with Crippen LogP contribution in [0.15, 0.2) is 36.4 Å². The zero-order chi connectivity index (χ0) is 19.3. The first-order valence-electron chi connectivity index (χ1n) is 10.8. The van der Waals surface area contributed by atoms with Gasteiger partial charge in [0.1, 0.15) is 0 Å². The topological polar surface area (TPSA) is 61.4 Å². The minimum absolute atomic E-state index is 0.00796. The monoisotopic (exact) mass is 381 g/mol. The Morgan fingerprint density at radius 3 is 2.79 bits per heavy atom. The van der Waals surface area contributed by atoms with Crippen molar-refractivity contribution in [3.05, 3.63) is 42.0 Å². The molecule has 3 aliphatic rings. The van der Waals surface area contributed by atoms with E-state index in [9.17, 15) is 9.59 Å². The molecular formula is C23H31N3O2. The molecule has 1 aliphatic carbocycles. The molecule has 1 aromatic rings. The second-order valence-corrected chi connectivity index (χ2v) is 8.38. The van der Waals surface area contributed by atoms with Crippen molar-refractivity contribution in [3.63, 3.8) is 0 Å². The van der Waals surface area contributed by atoms with Crippen molar-refractivity contribution in [1.29, 1.82) is 0 Å². The average Bonchev–Trinajstić information content (AvgIpc) is 3.13. The summed E-state index contributed by atoms with van der Waals surface area (Å²) in [6.45, 7) is 1.64. The van der Waals surface area contributed by atoms with Gasteiger partial charge in [0.05, 0.1) is 6.04 Å². The minimum Gasteiger partial charge on any atom is -0.349 e. The first-order valence-corrected chi connectivity index (χ1v) is 10.8. The summed E-state index contributed by atoms with van der Waals surface area (Å²) >= 11 is 0. The normalized spacial score (nSPS) is 23.3. The maximum Gasteiger partial charge on any atom is 0.250 e. The summed E-state index contributed by atoms with van der Waals surface area (Å²) in [5.74, 6) is 0.748. The lowest BCUT2D eigenvalue weighted by molar-refractivity contribution is -0.124. The number of nitrogens with one attached hydrogen (secondary N) is 2. The standard InChI is InChI=1S/C23H31N3O2/c27-22(26-15-13-18-8-1-2-10-21(18)26)12-11-19(16-17-6-5-7-17)25-23(28)20-9-3-4-14-24-20/h1-2,8,10-12,17,19-20,24H,3-7,9,13-16H2,(H,25,28)/b12-11+/t19-,20+/m1/s1. The number of anilines is 1. The van der Waals surface area contributed by atoms with Gasteiger partial charge in [0, 0.05) is 24.4 Å². The van der Waals surface area contributed by atoms with E-state index in [1.807, 2.05) is 29.2 Å². The van der Waals surface area contributed by atoms with Crippen molar-refractivity contribution in [2.75, 3.05) is 18.0 Å². The molecule has 2 N–H and O–H groups in total. The predicted octanol–water partition coefficient (Wildman–Crippen LogP) is 2.95. The Labute approximate surface area is 167 Å². The molecule has 4 rings (SSSR count). The van der Waals surface area contributed by atoms with Crippen molar-refractivity contribution in [2.24, 2.45) is 5.92 Å². The molecule has 0 spiro atoms. The molecule has 2 amide bonds. The second-order valence-electron chi connectivity index (χ2n) is 8.38. The van der Waals surface area contributed by atoms with Crippen LogP contribution in [0.1, 0.15) is 50.5 Å². The highest BCUT2D eigenvalue weighted by Gasteiger charge is 2.27. The lowest BCUT2D eigenvalue weighted by atomic mass is 9.80. The zero-order valence-corrected chi connectivity index (χ0v) is 16.5. The Hall–Kier alpha value is -2.14. The third-order valence-corrected chi connectivity index (χ3v) is 6.39. The van der Waals surface area contributed by atoms with Crippen LogP contribution in [0.25, 0.3) is 0 Å². The second kappa shape index (κ2) is 8.91. The van der Waals surface area contributed by atoms with Crippen molar-refractivity contribution in [3.8, 4) is 0 Å². The van der Waals surface area contributed by atoms with Gasteiger partial charge in [-0.15, -0.1) is 0 Å². The summed E-state index contributed by atoms with van der Waals surface area (Å²) in [6.07, 6.45) is 12.3. The number of carbonyl (C=O) groups is 2. The molecule has 28 heavy (non-hydrogen) atoms. The van der Waals surface area contributed by atoms with E-state index >= 15 is 0 Å². The summed E-state index contributed by atoms with van der Waals surface area (Å²) < 4.78 is 0. The Balaban J connectivity index is 1.39. The number of para-hydroxylation sites is 1. The Morgan fingerprint density at radius 2 is 2.04 bits per heavy atom. The maximum atomic E-state index is 12.8. The summed E-state index contributed by atoms with van der Waals surface area (Å²) in [7, 11) is 0. The fourth-order valence-corrected chi connectivity index (χ4v) is 4.49. The van der Waals surface area contributed by atoms with E-state index < -0.39 is 0 Å². The van der Waals surface area contributed by atoms with Crippen LogP contribution >= 0.6 is 0 Å². The van der Waals surface area contributed by atoms with Crippen molar-refractivity contribution in [1.82, 2.24) is 10.6 Å². The van der Waals surface area contributed by atoms with Gasteiger partial charge in [0.2, 0.25) is 5.91 Å². The number of carbonyl (C=O) groups excluding carboxylic acids is 2. The van der Waals surface area contributed by atoms with Crippen LogP contribution in [0.4, 0.5) is 5.69 Å². The number of amides is 2. The van der Waals surface area contributed by atoms with E-state index in [1.165, 1.54) is 24.8 Å². The highest BCUT2D eigenvalue weighted by molar-refractivity contribution is 6.03. The first kappa shape index (κ1) is 19.2. The SMILES string of the molecule is O=C(N[C@H](/C=C/C(=O)N1CCc2ccccc21)CC1CCC1)[C@@H]1CCCCN1. The van der Waals surface area contributed by atoms with E-state index in [0.717, 1.165) is 50.9 Å². The van der Waals surface area contributed by atoms with Gasteiger partial charge in [-0.3, -0.25) is 9.59 Å². The summed E-state index contributed by atoms with van der Waals surface area (Å²) in [5, 5.41) is 6.51. The molecule has 5 nitrogen and oxygen atoms in total. The molecule has 5 heteroatoms. The maximum absolute atomic E-state index is 12.8. The molecule has 2 fully saturated rings. The van der Waals surface area contributed by atoms with Gasteiger partial charge in [-0.1, -0.05) is 50.0 Å². The van der Waals surface area contributed by atoms with Gasteiger partial charge in [-0.25, -0.2) is 0 Å². The van der Waals surface area contributed by atoms with Crippen LogP contribution in [0.2, 0.25) is 0 Å². The molecule has 2 heterocycles. The van der Waals surface area contributed by atoms with Gasteiger partial charge < -0.3 is 15.5 Å². The van der Waals surface area contributed by atoms with Crippen LogP contribution < -0.4 is 15.5 Å². The molecule has 2 aliphatic heterocycles. The number of benzene rings is 1. The van der Waals surface area contributed by atoms with Gasteiger partial charge in [0.15, 0.2) is 0 Å². The quantitative estimate of drug-likeness (QED) is 0.745. The molecule has 2 atom stereocenters. The highest BCUT2D eigenvalue weighted by atomic mass is 16.2. The first-order chi connectivity index (χ1) is 13.7. The van der Waals surface area contributed by atoms with Crippen molar-refractivity contribution >= 4 is 17.5 Å². The van der Waals surface area contributed by atoms with Crippen LogP contribution in [0.3, 0.4) is 0 Å².